The zero-order chi connectivity index (χ0) is 13.8. The van der Waals surface area contributed by atoms with Crippen LogP contribution < -0.4 is 10.6 Å². The molecule has 0 aromatic heterocycles. The summed E-state index contributed by atoms with van der Waals surface area (Å²) in [5.41, 5.74) is 7.00. The zero-order valence-electron chi connectivity index (χ0n) is 10.6. The van der Waals surface area contributed by atoms with Crippen molar-refractivity contribution < 1.29 is 10.3 Å². The van der Waals surface area contributed by atoms with E-state index in [1.165, 1.54) is 6.42 Å². The van der Waals surface area contributed by atoms with Crippen molar-refractivity contribution in [3.05, 3.63) is 28.8 Å². The van der Waals surface area contributed by atoms with E-state index >= 15 is 0 Å². The third-order valence-electron chi connectivity index (χ3n) is 3.52. The first-order valence-corrected chi connectivity index (χ1v) is 6.70. The van der Waals surface area contributed by atoms with Crippen LogP contribution in [-0.2, 0) is 0 Å². The van der Waals surface area contributed by atoms with E-state index in [-0.39, 0.29) is 12.4 Å². The summed E-state index contributed by atoms with van der Waals surface area (Å²) < 4.78 is 0. The number of rotatable bonds is 5. The summed E-state index contributed by atoms with van der Waals surface area (Å²) in [5.74, 6) is -0.00565. The number of aliphatic hydroxyl groups is 1. The number of nitrogens with two attached hydrogens (primary N) is 1. The van der Waals surface area contributed by atoms with E-state index < -0.39 is 0 Å². The number of hydrogen-bond donors (Lipinski definition) is 3. The van der Waals surface area contributed by atoms with E-state index in [1.54, 1.807) is 12.1 Å². The largest absolute Gasteiger partial charge is 0.409 e. The molecule has 0 bridgehead atoms. The number of oxime groups is 1. The third-order valence-corrected chi connectivity index (χ3v) is 3.84. The van der Waals surface area contributed by atoms with Gasteiger partial charge in [0, 0.05) is 23.8 Å². The van der Waals surface area contributed by atoms with Crippen LogP contribution in [0.15, 0.2) is 23.4 Å². The molecule has 6 heteroatoms. The molecule has 1 saturated carbocycles. The Labute approximate surface area is 117 Å². The molecule has 0 atom stereocenters. The van der Waals surface area contributed by atoms with Crippen LogP contribution in [0, 0.1) is 0 Å². The average molecular weight is 284 g/mol. The Kier molecular flexibility index (Phi) is 4.50. The SMILES string of the molecule is N/C(=N/O)c1ccc(N(CCO)C2CCC2)cc1Cl. The maximum atomic E-state index is 9.17. The Bertz CT molecular complexity index is 475. The van der Waals surface area contributed by atoms with Crippen LogP contribution in [0.3, 0.4) is 0 Å². The molecule has 0 amide bonds. The van der Waals surface area contributed by atoms with Gasteiger partial charge in [-0.3, -0.25) is 0 Å². The number of amidine groups is 1. The number of anilines is 1. The Morgan fingerprint density at radius 1 is 1.47 bits per heavy atom. The first-order valence-electron chi connectivity index (χ1n) is 6.32. The number of halogens is 1. The summed E-state index contributed by atoms with van der Waals surface area (Å²) in [4.78, 5) is 2.16. The number of benzene rings is 1. The summed E-state index contributed by atoms with van der Waals surface area (Å²) in [5, 5.41) is 21.2. The van der Waals surface area contributed by atoms with Crippen LogP contribution in [0.2, 0.25) is 5.02 Å². The minimum Gasteiger partial charge on any atom is -0.409 e. The third kappa shape index (κ3) is 2.93. The quantitative estimate of drug-likeness (QED) is 0.333. The molecule has 0 saturated heterocycles. The summed E-state index contributed by atoms with van der Waals surface area (Å²) in [6, 6.07) is 5.88. The van der Waals surface area contributed by atoms with Crippen molar-refractivity contribution in [2.75, 3.05) is 18.1 Å². The van der Waals surface area contributed by atoms with Crippen molar-refractivity contribution in [1.82, 2.24) is 0 Å². The summed E-state index contributed by atoms with van der Waals surface area (Å²) in [7, 11) is 0. The molecule has 19 heavy (non-hydrogen) atoms. The lowest BCUT2D eigenvalue weighted by Gasteiger charge is -2.39. The fourth-order valence-electron chi connectivity index (χ4n) is 2.27. The van der Waals surface area contributed by atoms with Crippen LogP contribution in [0.4, 0.5) is 5.69 Å². The minimum atomic E-state index is -0.00565. The molecular formula is C13H18ClN3O2. The van der Waals surface area contributed by atoms with E-state index in [4.69, 9.17) is 27.6 Å². The Balaban J connectivity index is 2.26. The molecule has 4 N–H and O–H groups in total. The predicted molar refractivity (Wildman–Crippen MR) is 76.0 cm³/mol. The van der Waals surface area contributed by atoms with Gasteiger partial charge in [-0.25, -0.2) is 0 Å². The Hall–Kier alpha value is -1.46. The summed E-state index contributed by atoms with van der Waals surface area (Å²) >= 11 is 6.15. The highest BCUT2D eigenvalue weighted by Crippen LogP contribution is 2.31. The maximum absolute atomic E-state index is 9.17. The highest BCUT2D eigenvalue weighted by molar-refractivity contribution is 6.34. The molecule has 1 aliphatic rings. The second kappa shape index (κ2) is 6.12. The molecule has 104 valence electrons. The first kappa shape index (κ1) is 14.0. The van der Waals surface area contributed by atoms with Gasteiger partial charge in [0.2, 0.25) is 0 Å². The van der Waals surface area contributed by atoms with Gasteiger partial charge in [-0.1, -0.05) is 16.8 Å². The number of nitrogens with zero attached hydrogens (tertiary/aromatic N) is 2. The Morgan fingerprint density at radius 2 is 2.21 bits per heavy atom. The second-order valence-electron chi connectivity index (χ2n) is 4.65. The van der Waals surface area contributed by atoms with Crippen molar-refractivity contribution in [1.29, 1.82) is 0 Å². The van der Waals surface area contributed by atoms with E-state index in [9.17, 15) is 0 Å². The predicted octanol–water partition coefficient (Wildman–Crippen LogP) is 1.79. The lowest BCUT2D eigenvalue weighted by atomic mass is 9.91. The molecule has 1 aromatic rings. The normalized spacial score (nSPS) is 16.2. The fraction of sp³-hybridized carbons (Fsp3) is 0.462. The standard InChI is InChI=1S/C13H18ClN3O2/c14-12-8-10(4-5-11(12)13(15)16-19)17(6-7-18)9-2-1-3-9/h4-5,8-9,18-19H,1-3,6-7H2,(H2,15,16). The van der Waals surface area contributed by atoms with Crippen LogP contribution in [-0.4, -0.2) is 35.3 Å². The zero-order valence-corrected chi connectivity index (χ0v) is 11.3. The summed E-state index contributed by atoms with van der Waals surface area (Å²) in [6.45, 7) is 0.694. The highest BCUT2D eigenvalue weighted by Gasteiger charge is 2.25. The smallest absolute Gasteiger partial charge is 0.171 e. The van der Waals surface area contributed by atoms with Crippen molar-refractivity contribution in [2.45, 2.75) is 25.3 Å². The lowest BCUT2D eigenvalue weighted by molar-refractivity contribution is 0.283. The molecule has 0 radical (unpaired) electrons. The van der Waals surface area contributed by atoms with Gasteiger partial charge < -0.3 is 20.9 Å². The molecular weight excluding hydrogens is 266 g/mol. The van der Waals surface area contributed by atoms with Crippen LogP contribution in [0.1, 0.15) is 24.8 Å². The van der Waals surface area contributed by atoms with E-state index in [0.717, 1.165) is 18.5 Å². The molecule has 0 heterocycles. The highest BCUT2D eigenvalue weighted by atomic mass is 35.5. The van der Waals surface area contributed by atoms with Gasteiger partial charge >= 0.3 is 0 Å². The average Bonchev–Trinajstić information content (AvgIpc) is 2.35. The van der Waals surface area contributed by atoms with E-state index in [2.05, 4.69) is 10.1 Å². The van der Waals surface area contributed by atoms with Gasteiger partial charge in [0.25, 0.3) is 0 Å². The lowest BCUT2D eigenvalue weighted by Crippen LogP contribution is -2.42. The van der Waals surface area contributed by atoms with Crippen molar-refractivity contribution in [3.63, 3.8) is 0 Å². The number of aliphatic hydroxyl groups excluding tert-OH is 1. The van der Waals surface area contributed by atoms with Crippen LogP contribution in [0.25, 0.3) is 0 Å². The van der Waals surface area contributed by atoms with Gasteiger partial charge in [0.05, 0.1) is 11.6 Å². The Morgan fingerprint density at radius 3 is 2.68 bits per heavy atom. The van der Waals surface area contributed by atoms with Gasteiger partial charge in [0.15, 0.2) is 5.84 Å². The molecule has 5 nitrogen and oxygen atoms in total. The van der Waals surface area contributed by atoms with E-state index in [1.807, 2.05) is 6.07 Å². The molecule has 2 rings (SSSR count). The maximum Gasteiger partial charge on any atom is 0.171 e. The summed E-state index contributed by atoms with van der Waals surface area (Å²) in [6.07, 6.45) is 3.50. The first-order chi connectivity index (χ1) is 9.17. The van der Waals surface area contributed by atoms with Gasteiger partial charge in [-0.05, 0) is 37.5 Å². The number of hydrogen-bond acceptors (Lipinski definition) is 4. The molecule has 0 aliphatic heterocycles. The van der Waals surface area contributed by atoms with Crippen molar-refractivity contribution >= 4 is 23.1 Å². The molecule has 0 spiro atoms. The molecule has 1 fully saturated rings. The van der Waals surface area contributed by atoms with Crippen LogP contribution >= 0.6 is 11.6 Å². The topological polar surface area (TPSA) is 82.1 Å². The van der Waals surface area contributed by atoms with Crippen molar-refractivity contribution in [3.8, 4) is 0 Å². The fourth-order valence-corrected chi connectivity index (χ4v) is 2.54. The monoisotopic (exact) mass is 283 g/mol. The van der Waals surface area contributed by atoms with Crippen LogP contribution in [0.5, 0.6) is 0 Å². The molecule has 0 unspecified atom stereocenters. The van der Waals surface area contributed by atoms with Gasteiger partial charge in [-0.2, -0.15) is 0 Å². The van der Waals surface area contributed by atoms with Gasteiger partial charge in [0.1, 0.15) is 0 Å². The van der Waals surface area contributed by atoms with Crippen molar-refractivity contribution in [2.24, 2.45) is 10.9 Å². The molecule has 1 aliphatic carbocycles. The van der Waals surface area contributed by atoms with Gasteiger partial charge in [-0.15, -0.1) is 0 Å². The second-order valence-corrected chi connectivity index (χ2v) is 5.06. The molecule has 1 aromatic carbocycles. The van der Waals surface area contributed by atoms with E-state index in [0.29, 0.717) is 23.2 Å². The minimum absolute atomic E-state index is 0.00565.